The van der Waals surface area contributed by atoms with Crippen LogP contribution < -0.4 is 5.32 Å². The largest absolute Gasteiger partial charge is 0.481 e. The zero-order valence-corrected chi connectivity index (χ0v) is 10.6. The highest BCUT2D eigenvalue weighted by Crippen LogP contribution is 2.20. The summed E-state index contributed by atoms with van der Waals surface area (Å²) in [6.45, 7) is 3.44. The molecule has 0 saturated heterocycles. The van der Waals surface area contributed by atoms with Crippen LogP contribution in [0.2, 0.25) is 0 Å². The van der Waals surface area contributed by atoms with Gasteiger partial charge in [0, 0.05) is 11.7 Å². The molecular weight excluding hydrogens is 236 g/mol. The Labute approximate surface area is 105 Å². The molecule has 1 aromatic rings. The molecule has 2 N–H and O–H groups in total. The number of ether oxygens (including phenoxy) is 1. The summed E-state index contributed by atoms with van der Waals surface area (Å²) in [5, 5.41) is 11.7. The second kappa shape index (κ2) is 5.48. The van der Waals surface area contributed by atoms with Crippen molar-refractivity contribution < 1.29 is 19.4 Å². The number of hydrogen-bond acceptors (Lipinski definition) is 5. The molecule has 1 aromatic heterocycles. The van der Waals surface area contributed by atoms with Gasteiger partial charge in [-0.25, -0.2) is 9.78 Å². The number of anilines is 1. The lowest BCUT2D eigenvalue weighted by atomic mass is 10.0. The number of nitrogens with one attached hydrogen (secondary N) is 1. The third-order valence-corrected chi connectivity index (χ3v) is 2.26. The number of carbonyl (C=O) groups is 2. The zero-order valence-electron chi connectivity index (χ0n) is 10.6. The summed E-state index contributed by atoms with van der Waals surface area (Å²) in [5.74, 6) is -1.13. The van der Waals surface area contributed by atoms with Gasteiger partial charge in [-0.3, -0.25) is 4.79 Å². The van der Waals surface area contributed by atoms with Gasteiger partial charge in [0.15, 0.2) is 0 Å². The van der Waals surface area contributed by atoms with Gasteiger partial charge >= 0.3 is 11.9 Å². The normalized spacial score (nSPS) is 10.8. The van der Waals surface area contributed by atoms with E-state index in [0.29, 0.717) is 5.82 Å². The number of carboxylic acid groups (broad SMARTS) is 1. The smallest absolute Gasteiger partial charge is 0.341 e. The lowest BCUT2D eigenvalue weighted by molar-refractivity contribution is -0.137. The minimum Gasteiger partial charge on any atom is -0.481 e. The van der Waals surface area contributed by atoms with E-state index >= 15 is 0 Å². The van der Waals surface area contributed by atoms with E-state index in [4.69, 9.17) is 5.11 Å². The second-order valence-electron chi connectivity index (χ2n) is 4.47. The standard InChI is InChI=1S/C12H16N2O4/c1-12(2,7-9(15)16)14-10-8(11(17)18-3)5-4-6-13-10/h4-6H,7H2,1-3H3,(H,13,14)(H,15,16). The van der Waals surface area contributed by atoms with Gasteiger partial charge in [0.2, 0.25) is 0 Å². The highest BCUT2D eigenvalue weighted by Gasteiger charge is 2.24. The van der Waals surface area contributed by atoms with Crippen molar-refractivity contribution in [3.05, 3.63) is 23.9 Å². The van der Waals surface area contributed by atoms with Crippen LogP contribution in [0.5, 0.6) is 0 Å². The van der Waals surface area contributed by atoms with Gasteiger partial charge in [-0.1, -0.05) is 0 Å². The molecule has 6 heteroatoms. The Kier molecular flexibility index (Phi) is 4.25. The molecule has 0 unspecified atom stereocenters. The van der Waals surface area contributed by atoms with E-state index in [-0.39, 0.29) is 12.0 Å². The summed E-state index contributed by atoms with van der Waals surface area (Å²) in [7, 11) is 1.28. The minimum absolute atomic E-state index is 0.0931. The maximum atomic E-state index is 11.5. The summed E-state index contributed by atoms with van der Waals surface area (Å²) in [6, 6.07) is 3.18. The number of esters is 1. The minimum atomic E-state index is -0.928. The van der Waals surface area contributed by atoms with Crippen molar-refractivity contribution in [2.45, 2.75) is 25.8 Å². The highest BCUT2D eigenvalue weighted by molar-refractivity contribution is 5.94. The van der Waals surface area contributed by atoms with Crippen LogP contribution >= 0.6 is 0 Å². The SMILES string of the molecule is COC(=O)c1cccnc1NC(C)(C)CC(=O)O. The number of aliphatic carboxylic acids is 1. The number of carbonyl (C=O) groups excluding carboxylic acids is 1. The number of hydrogen-bond donors (Lipinski definition) is 2. The molecule has 18 heavy (non-hydrogen) atoms. The molecule has 0 aliphatic heterocycles. The highest BCUT2D eigenvalue weighted by atomic mass is 16.5. The lowest BCUT2D eigenvalue weighted by Gasteiger charge is -2.25. The van der Waals surface area contributed by atoms with Gasteiger partial charge in [-0.15, -0.1) is 0 Å². The first-order valence-electron chi connectivity index (χ1n) is 5.39. The van der Waals surface area contributed by atoms with Crippen LogP contribution in [0.1, 0.15) is 30.6 Å². The van der Waals surface area contributed by atoms with E-state index in [0.717, 1.165) is 0 Å². The van der Waals surface area contributed by atoms with Crippen molar-refractivity contribution in [3.63, 3.8) is 0 Å². The maximum Gasteiger partial charge on any atom is 0.341 e. The van der Waals surface area contributed by atoms with Gasteiger partial charge in [0.25, 0.3) is 0 Å². The van der Waals surface area contributed by atoms with Crippen LogP contribution in [-0.4, -0.2) is 34.7 Å². The first-order chi connectivity index (χ1) is 8.35. The van der Waals surface area contributed by atoms with Gasteiger partial charge in [0.05, 0.1) is 13.5 Å². The monoisotopic (exact) mass is 252 g/mol. The first kappa shape index (κ1) is 14.0. The van der Waals surface area contributed by atoms with Crippen molar-refractivity contribution in [1.82, 2.24) is 4.98 Å². The molecule has 1 heterocycles. The van der Waals surface area contributed by atoms with E-state index in [1.165, 1.54) is 13.3 Å². The fraction of sp³-hybridized carbons (Fsp3) is 0.417. The van der Waals surface area contributed by atoms with E-state index in [9.17, 15) is 9.59 Å². The summed E-state index contributed by atoms with van der Waals surface area (Å²) in [4.78, 5) is 26.3. The summed E-state index contributed by atoms with van der Waals surface area (Å²) in [5.41, 5.74) is -0.443. The van der Waals surface area contributed by atoms with Crippen LogP contribution in [0.15, 0.2) is 18.3 Å². The van der Waals surface area contributed by atoms with E-state index in [1.54, 1.807) is 26.0 Å². The third kappa shape index (κ3) is 3.73. The van der Waals surface area contributed by atoms with Crippen LogP contribution in [0, 0.1) is 0 Å². The average Bonchev–Trinajstić information content (AvgIpc) is 2.26. The number of nitrogens with zero attached hydrogens (tertiary/aromatic N) is 1. The van der Waals surface area contributed by atoms with Crippen molar-refractivity contribution in [2.24, 2.45) is 0 Å². The van der Waals surface area contributed by atoms with Gasteiger partial charge in [0.1, 0.15) is 11.4 Å². The van der Waals surface area contributed by atoms with Gasteiger partial charge in [-0.2, -0.15) is 0 Å². The lowest BCUT2D eigenvalue weighted by Crippen LogP contribution is -2.34. The van der Waals surface area contributed by atoms with Crippen LogP contribution in [0.3, 0.4) is 0 Å². The molecule has 0 fully saturated rings. The molecule has 0 radical (unpaired) electrons. The first-order valence-corrected chi connectivity index (χ1v) is 5.39. The predicted molar refractivity (Wildman–Crippen MR) is 65.5 cm³/mol. The van der Waals surface area contributed by atoms with Crippen molar-refractivity contribution in [1.29, 1.82) is 0 Å². The Bertz CT molecular complexity index is 457. The molecule has 0 bridgehead atoms. The molecule has 0 spiro atoms. The number of methoxy groups -OCH3 is 1. The number of carboxylic acids is 1. The Balaban J connectivity index is 2.97. The quantitative estimate of drug-likeness (QED) is 0.773. The van der Waals surface area contributed by atoms with Crippen molar-refractivity contribution in [2.75, 3.05) is 12.4 Å². The number of rotatable bonds is 5. The van der Waals surface area contributed by atoms with Gasteiger partial charge < -0.3 is 15.2 Å². The second-order valence-corrected chi connectivity index (χ2v) is 4.47. The average molecular weight is 252 g/mol. The Morgan fingerprint density at radius 2 is 2.17 bits per heavy atom. The third-order valence-electron chi connectivity index (χ3n) is 2.26. The van der Waals surface area contributed by atoms with Crippen molar-refractivity contribution in [3.8, 4) is 0 Å². The van der Waals surface area contributed by atoms with E-state index in [1.807, 2.05) is 0 Å². The summed E-state index contributed by atoms with van der Waals surface area (Å²) < 4.78 is 4.64. The Hall–Kier alpha value is -2.11. The molecule has 0 amide bonds. The fourth-order valence-corrected chi connectivity index (χ4v) is 1.52. The Morgan fingerprint density at radius 1 is 1.50 bits per heavy atom. The van der Waals surface area contributed by atoms with Crippen LogP contribution in [0.25, 0.3) is 0 Å². The van der Waals surface area contributed by atoms with Crippen LogP contribution in [0.4, 0.5) is 5.82 Å². The zero-order chi connectivity index (χ0) is 13.8. The number of pyridine rings is 1. The predicted octanol–water partition coefficient (Wildman–Crippen LogP) is 1.53. The molecule has 0 atom stereocenters. The Morgan fingerprint density at radius 3 is 2.72 bits per heavy atom. The molecule has 1 rings (SSSR count). The van der Waals surface area contributed by atoms with Crippen molar-refractivity contribution >= 4 is 17.8 Å². The van der Waals surface area contributed by atoms with E-state index < -0.39 is 17.5 Å². The molecule has 0 aliphatic carbocycles. The molecule has 98 valence electrons. The van der Waals surface area contributed by atoms with Crippen LogP contribution in [-0.2, 0) is 9.53 Å². The fourth-order valence-electron chi connectivity index (χ4n) is 1.52. The summed E-state index contributed by atoms with van der Waals surface area (Å²) in [6.07, 6.45) is 1.43. The molecular formula is C12H16N2O4. The molecule has 0 aliphatic rings. The molecule has 6 nitrogen and oxygen atoms in total. The number of aromatic nitrogens is 1. The van der Waals surface area contributed by atoms with Gasteiger partial charge in [-0.05, 0) is 26.0 Å². The summed E-state index contributed by atoms with van der Waals surface area (Å²) >= 11 is 0. The molecule has 0 saturated carbocycles. The van der Waals surface area contributed by atoms with E-state index in [2.05, 4.69) is 15.0 Å². The topological polar surface area (TPSA) is 88.5 Å². The molecule has 0 aromatic carbocycles. The maximum absolute atomic E-state index is 11.5.